The Kier molecular flexibility index (Phi) is 5.73. The van der Waals surface area contributed by atoms with Gasteiger partial charge in [0.25, 0.3) is 0 Å². The van der Waals surface area contributed by atoms with Crippen LogP contribution in [0.1, 0.15) is 30.9 Å². The van der Waals surface area contributed by atoms with Gasteiger partial charge in [0.05, 0.1) is 17.2 Å². The Morgan fingerprint density at radius 2 is 2.14 bits per heavy atom. The second kappa shape index (κ2) is 7.09. The molecule has 0 bridgehead atoms. The van der Waals surface area contributed by atoms with Crippen LogP contribution in [-0.2, 0) is 11.0 Å². The SMILES string of the molecule is CC(CCCN)C(=O)Nc1ccc(C#N)c(C(F)(F)F)c1. The largest absolute Gasteiger partial charge is 0.417 e. The first-order valence-corrected chi connectivity index (χ1v) is 6.42. The van der Waals surface area contributed by atoms with Crippen LogP contribution in [0.3, 0.4) is 0 Å². The molecule has 3 N–H and O–H groups in total. The van der Waals surface area contributed by atoms with Crippen molar-refractivity contribution in [2.45, 2.75) is 25.9 Å². The highest BCUT2D eigenvalue weighted by Crippen LogP contribution is 2.33. The number of rotatable bonds is 5. The summed E-state index contributed by atoms with van der Waals surface area (Å²) in [6.07, 6.45) is -3.42. The summed E-state index contributed by atoms with van der Waals surface area (Å²) in [5.74, 6) is -0.722. The van der Waals surface area contributed by atoms with Crippen LogP contribution >= 0.6 is 0 Å². The predicted octanol–water partition coefficient (Wildman–Crippen LogP) is 2.89. The lowest BCUT2D eigenvalue weighted by molar-refractivity contribution is -0.137. The van der Waals surface area contributed by atoms with E-state index >= 15 is 0 Å². The molecule has 0 aliphatic rings. The van der Waals surface area contributed by atoms with Crippen molar-refractivity contribution in [1.29, 1.82) is 5.26 Å². The molecular weight excluding hydrogens is 283 g/mol. The zero-order valence-electron chi connectivity index (χ0n) is 11.5. The fourth-order valence-electron chi connectivity index (χ4n) is 1.77. The van der Waals surface area contributed by atoms with Gasteiger partial charge in [-0.3, -0.25) is 4.79 Å². The number of hydrogen-bond acceptors (Lipinski definition) is 3. The van der Waals surface area contributed by atoms with E-state index in [1.807, 2.05) is 0 Å². The topological polar surface area (TPSA) is 78.9 Å². The van der Waals surface area contributed by atoms with Crippen LogP contribution in [0.5, 0.6) is 0 Å². The molecule has 0 spiro atoms. The molecule has 0 aromatic heterocycles. The monoisotopic (exact) mass is 299 g/mol. The number of nitrogens with zero attached hydrogens (tertiary/aromatic N) is 1. The molecule has 0 fully saturated rings. The van der Waals surface area contributed by atoms with Crippen LogP contribution in [0.2, 0.25) is 0 Å². The summed E-state index contributed by atoms with van der Waals surface area (Å²) in [4.78, 5) is 11.8. The Balaban J connectivity index is 2.91. The van der Waals surface area contributed by atoms with Crippen LogP contribution in [-0.4, -0.2) is 12.5 Å². The van der Waals surface area contributed by atoms with Crippen molar-refractivity contribution < 1.29 is 18.0 Å². The second-order valence-corrected chi connectivity index (χ2v) is 4.69. The number of carbonyl (C=O) groups is 1. The molecule has 4 nitrogen and oxygen atoms in total. The van der Waals surface area contributed by atoms with E-state index in [-0.39, 0.29) is 17.5 Å². The zero-order chi connectivity index (χ0) is 16.0. The van der Waals surface area contributed by atoms with E-state index in [2.05, 4.69) is 5.32 Å². The van der Waals surface area contributed by atoms with E-state index in [9.17, 15) is 18.0 Å². The minimum absolute atomic E-state index is 0.0194. The van der Waals surface area contributed by atoms with E-state index in [4.69, 9.17) is 11.0 Å². The summed E-state index contributed by atoms with van der Waals surface area (Å²) < 4.78 is 38.4. The van der Waals surface area contributed by atoms with Crippen LogP contribution in [0.15, 0.2) is 18.2 Å². The van der Waals surface area contributed by atoms with E-state index in [0.29, 0.717) is 19.4 Å². The van der Waals surface area contributed by atoms with Crippen molar-refractivity contribution in [3.8, 4) is 6.07 Å². The van der Waals surface area contributed by atoms with Gasteiger partial charge in [-0.25, -0.2) is 0 Å². The molecule has 0 saturated heterocycles. The average molecular weight is 299 g/mol. The third kappa shape index (κ3) is 4.76. The van der Waals surface area contributed by atoms with Crippen molar-refractivity contribution in [2.24, 2.45) is 11.7 Å². The van der Waals surface area contributed by atoms with Crippen molar-refractivity contribution in [1.82, 2.24) is 0 Å². The molecule has 1 unspecified atom stereocenters. The zero-order valence-corrected chi connectivity index (χ0v) is 11.5. The number of halogens is 3. The van der Waals surface area contributed by atoms with Crippen molar-refractivity contribution in [3.63, 3.8) is 0 Å². The van der Waals surface area contributed by atoms with Crippen LogP contribution in [0, 0.1) is 17.2 Å². The summed E-state index contributed by atoms with van der Waals surface area (Å²) in [7, 11) is 0. The quantitative estimate of drug-likeness (QED) is 0.877. The minimum atomic E-state index is -4.64. The molecule has 1 rings (SSSR count). The van der Waals surface area contributed by atoms with Crippen LogP contribution < -0.4 is 11.1 Å². The van der Waals surface area contributed by atoms with Gasteiger partial charge in [0.1, 0.15) is 0 Å². The van der Waals surface area contributed by atoms with Gasteiger partial charge in [-0.15, -0.1) is 0 Å². The number of nitrogens with one attached hydrogen (secondary N) is 1. The van der Waals surface area contributed by atoms with Gasteiger partial charge < -0.3 is 11.1 Å². The summed E-state index contributed by atoms with van der Waals surface area (Å²) in [6, 6.07) is 4.58. The third-order valence-corrected chi connectivity index (χ3v) is 3.00. The van der Waals surface area contributed by atoms with E-state index < -0.39 is 17.3 Å². The number of anilines is 1. The maximum absolute atomic E-state index is 12.8. The number of nitriles is 1. The van der Waals surface area contributed by atoms with Gasteiger partial charge >= 0.3 is 6.18 Å². The fraction of sp³-hybridized carbons (Fsp3) is 0.429. The Morgan fingerprint density at radius 3 is 2.67 bits per heavy atom. The Hall–Kier alpha value is -2.07. The molecule has 7 heteroatoms. The Labute approximate surface area is 120 Å². The van der Waals surface area contributed by atoms with Crippen molar-refractivity contribution in [3.05, 3.63) is 29.3 Å². The smallest absolute Gasteiger partial charge is 0.330 e. The van der Waals surface area contributed by atoms with Gasteiger partial charge in [-0.1, -0.05) is 6.92 Å². The summed E-state index contributed by atoms with van der Waals surface area (Å²) in [5.41, 5.74) is 3.83. The van der Waals surface area contributed by atoms with E-state index in [1.165, 1.54) is 12.1 Å². The number of amides is 1. The second-order valence-electron chi connectivity index (χ2n) is 4.69. The molecule has 1 atom stereocenters. The lowest BCUT2D eigenvalue weighted by atomic mass is 10.0. The lowest BCUT2D eigenvalue weighted by Crippen LogP contribution is -2.21. The molecular formula is C14H16F3N3O. The first-order chi connectivity index (χ1) is 9.79. The maximum atomic E-state index is 12.8. The number of hydrogen-bond donors (Lipinski definition) is 2. The summed E-state index contributed by atoms with van der Waals surface area (Å²) >= 11 is 0. The average Bonchev–Trinajstić information content (AvgIpc) is 2.43. The fourth-order valence-corrected chi connectivity index (χ4v) is 1.77. The lowest BCUT2D eigenvalue weighted by Gasteiger charge is -2.14. The molecule has 0 aliphatic heterocycles. The first kappa shape index (κ1) is 17.0. The normalized spacial score (nSPS) is 12.6. The highest BCUT2D eigenvalue weighted by Gasteiger charge is 2.34. The minimum Gasteiger partial charge on any atom is -0.330 e. The third-order valence-electron chi connectivity index (χ3n) is 3.00. The molecule has 1 aromatic carbocycles. The molecule has 0 saturated carbocycles. The summed E-state index contributed by atoms with van der Waals surface area (Å²) in [6.45, 7) is 2.13. The molecule has 1 aromatic rings. The van der Waals surface area contributed by atoms with Gasteiger partial charge in [-0.2, -0.15) is 18.4 Å². The van der Waals surface area contributed by atoms with Gasteiger partial charge in [0.2, 0.25) is 5.91 Å². The number of alkyl halides is 3. The molecule has 114 valence electrons. The van der Waals surface area contributed by atoms with E-state index in [1.54, 1.807) is 6.92 Å². The highest BCUT2D eigenvalue weighted by atomic mass is 19.4. The van der Waals surface area contributed by atoms with E-state index in [0.717, 1.165) is 12.1 Å². The number of carbonyl (C=O) groups excluding carboxylic acids is 1. The summed E-state index contributed by atoms with van der Waals surface area (Å²) in [5, 5.41) is 11.1. The molecule has 0 aliphatic carbocycles. The number of nitrogens with two attached hydrogens (primary N) is 1. The van der Waals surface area contributed by atoms with Crippen molar-refractivity contribution >= 4 is 11.6 Å². The Bertz CT molecular complexity index is 549. The van der Waals surface area contributed by atoms with Gasteiger partial charge in [-0.05, 0) is 37.6 Å². The number of benzene rings is 1. The Morgan fingerprint density at radius 1 is 1.48 bits per heavy atom. The van der Waals surface area contributed by atoms with Crippen LogP contribution in [0.4, 0.5) is 18.9 Å². The van der Waals surface area contributed by atoms with Gasteiger partial charge in [0, 0.05) is 11.6 Å². The molecule has 1 amide bonds. The van der Waals surface area contributed by atoms with Crippen LogP contribution in [0.25, 0.3) is 0 Å². The van der Waals surface area contributed by atoms with Gasteiger partial charge in [0.15, 0.2) is 0 Å². The molecule has 21 heavy (non-hydrogen) atoms. The molecule has 0 heterocycles. The van der Waals surface area contributed by atoms with Crippen molar-refractivity contribution in [2.75, 3.05) is 11.9 Å². The predicted molar refractivity (Wildman–Crippen MR) is 72.2 cm³/mol. The highest BCUT2D eigenvalue weighted by molar-refractivity contribution is 5.92. The standard InChI is InChI=1S/C14H16F3N3O/c1-9(3-2-6-18)13(21)20-11-5-4-10(8-19)12(7-11)14(15,16)17/h4-5,7,9H,2-3,6,18H2,1H3,(H,20,21). The maximum Gasteiger partial charge on any atom is 0.417 e. The molecule has 0 radical (unpaired) electrons. The first-order valence-electron chi connectivity index (χ1n) is 6.42.